The topological polar surface area (TPSA) is 87.3 Å². The van der Waals surface area contributed by atoms with Crippen LogP contribution >= 0.6 is 11.3 Å². The van der Waals surface area contributed by atoms with Crippen LogP contribution < -0.4 is 16.2 Å². The minimum atomic E-state index is -0.496. The van der Waals surface area contributed by atoms with Gasteiger partial charge >= 0.3 is 0 Å². The maximum atomic E-state index is 12.2. The minimum Gasteiger partial charge on any atom is -0.343 e. The number of hydrazine groups is 1. The van der Waals surface area contributed by atoms with E-state index in [0.29, 0.717) is 10.8 Å². The number of fused-ring (bicyclic) bond motifs is 1. The molecule has 146 valence electrons. The second kappa shape index (κ2) is 9.32. The molecule has 3 N–H and O–H groups in total. The average molecular weight is 398 g/mol. The number of benzene rings is 1. The molecule has 28 heavy (non-hydrogen) atoms. The van der Waals surface area contributed by atoms with Crippen LogP contribution in [0.3, 0.4) is 0 Å². The highest BCUT2D eigenvalue weighted by atomic mass is 32.1. The summed E-state index contributed by atoms with van der Waals surface area (Å²) < 4.78 is 0. The predicted octanol–water partition coefficient (Wildman–Crippen LogP) is 2.46. The molecule has 1 aliphatic carbocycles. The summed E-state index contributed by atoms with van der Waals surface area (Å²) in [6.07, 6.45) is 6.16. The van der Waals surface area contributed by atoms with Crippen molar-refractivity contribution < 1.29 is 14.4 Å². The van der Waals surface area contributed by atoms with Gasteiger partial charge in [-0.2, -0.15) is 0 Å². The van der Waals surface area contributed by atoms with Crippen molar-refractivity contribution in [3.8, 4) is 0 Å². The molecule has 0 aliphatic heterocycles. The molecule has 1 aliphatic rings. The lowest BCUT2D eigenvalue weighted by molar-refractivity contribution is -0.124. The van der Waals surface area contributed by atoms with Crippen LogP contribution in [0.1, 0.15) is 39.0 Å². The quantitative estimate of drug-likeness (QED) is 0.535. The van der Waals surface area contributed by atoms with Gasteiger partial charge in [-0.25, -0.2) is 0 Å². The summed E-state index contributed by atoms with van der Waals surface area (Å²) in [6, 6.07) is 11.3. The molecule has 0 unspecified atom stereocenters. The molecule has 2 aromatic rings. The second-order valence-electron chi connectivity index (χ2n) is 6.87. The lowest BCUT2D eigenvalue weighted by Crippen LogP contribution is -2.46. The molecular formula is C21H23N3O3S. The van der Waals surface area contributed by atoms with Gasteiger partial charge in [0, 0.05) is 11.0 Å². The Morgan fingerprint density at radius 1 is 1.18 bits per heavy atom. The van der Waals surface area contributed by atoms with Crippen molar-refractivity contribution in [2.75, 3.05) is 6.54 Å². The van der Waals surface area contributed by atoms with E-state index in [0.717, 1.165) is 24.8 Å². The van der Waals surface area contributed by atoms with Gasteiger partial charge in [0.1, 0.15) is 0 Å². The van der Waals surface area contributed by atoms with Gasteiger partial charge in [0.15, 0.2) is 0 Å². The Bertz CT molecular complexity index is 890. The third-order valence-electron chi connectivity index (χ3n) is 4.52. The molecule has 0 saturated heterocycles. The normalized spacial score (nSPS) is 15.7. The van der Waals surface area contributed by atoms with E-state index < -0.39 is 5.91 Å². The van der Waals surface area contributed by atoms with Gasteiger partial charge in [0.25, 0.3) is 11.8 Å². The fourth-order valence-electron chi connectivity index (χ4n) is 3.01. The van der Waals surface area contributed by atoms with Gasteiger partial charge in [0.2, 0.25) is 5.91 Å². The van der Waals surface area contributed by atoms with Crippen molar-refractivity contribution in [1.29, 1.82) is 0 Å². The van der Waals surface area contributed by atoms with Crippen molar-refractivity contribution >= 4 is 35.1 Å². The molecule has 6 nitrogen and oxygen atoms in total. The smallest absolute Gasteiger partial charge is 0.279 e. The van der Waals surface area contributed by atoms with E-state index in [1.54, 1.807) is 6.08 Å². The highest BCUT2D eigenvalue weighted by Crippen LogP contribution is 2.32. The Hall–Kier alpha value is -2.93. The molecule has 7 heteroatoms. The van der Waals surface area contributed by atoms with Gasteiger partial charge in [-0.1, -0.05) is 37.3 Å². The molecule has 1 atom stereocenters. The monoisotopic (exact) mass is 397 g/mol. The van der Waals surface area contributed by atoms with Crippen LogP contribution in [0.5, 0.6) is 0 Å². The van der Waals surface area contributed by atoms with E-state index in [2.05, 4.69) is 23.1 Å². The van der Waals surface area contributed by atoms with E-state index in [9.17, 15) is 14.4 Å². The Labute approximate surface area is 168 Å². The fraction of sp³-hybridized carbons (Fsp3) is 0.286. The summed E-state index contributed by atoms with van der Waals surface area (Å²) in [5.74, 6) is -0.580. The lowest BCUT2D eigenvalue weighted by atomic mass is 9.90. The van der Waals surface area contributed by atoms with Crippen LogP contribution in [0.2, 0.25) is 0 Å². The third-order valence-corrected chi connectivity index (χ3v) is 5.75. The van der Waals surface area contributed by atoms with Gasteiger partial charge in [-0.3, -0.25) is 25.2 Å². The zero-order valence-corrected chi connectivity index (χ0v) is 16.5. The van der Waals surface area contributed by atoms with Crippen LogP contribution in [-0.4, -0.2) is 24.3 Å². The molecule has 0 spiro atoms. The summed E-state index contributed by atoms with van der Waals surface area (Å²) in [6.45, 7) is 1.99. The van der Waals surface area contributed by atoms with E-state index >= 15 is 0 Å². The van der Waals surface area contributed by atoms with E-state index in [1.165, 1.54) is 27.9 Å². The van der Waals surface area contributed by atoms with Gasteiger partial charge in [0.05, 0.1) is 11.4 Å². The van der Waals surface area contributed by atoms with Crippen molar-refractivity contribution in [1.82, 2.24) is 16.2 Å². The van der Waals surface area contributed by atoms with E-state index in [-0.39, 0.29) is 18.4 Å². The predicted molar refractivity (Wildman–Crippen MR) is 110 cm³/mol. The number of hydrogen-bond donors (Lipinski definition) is 3. The minimum absolute atomic E-state index is 0.225. The average Bonchev–Trinajstić information content (AvgIpc) is 3.13. The Morgan fingerprint density at radius 3 is 2.75 bits per heavy atom. The standard InChI is InChI=1S/C21H23N3O3S/c1-14-7-9-17-16(11-14)12-18(28-17)21(27)24-23-20(26)13-22-19(25)10-8-15-5-3-2-4-6-15/h2-6,8,10,12,14H,7,9,11,13H2,1H3,(H,22,25)(H,23,26)(H,24,27)/b10-8+/t14-/m1/s1. The van der Waals surface area contributed by atoms with Crippen LogP contribution in [-0.2, 0) is 22.4 Å². The van der Waals surface area contributed by atoms with Gasteiger partial charge in [-0.05, 0) is 48.4 Å². The maximum absolute atomic E-state index is 12.2. The summed E-state index contributed by atoms with van der Waals surface area (Å²) >= 11 is 1.48. The first-order chi connectivity index (χ1) is 13.5. The number of carbonyl (C=O) groups excluding carboxylic acids is 3. The molecule has 0 bridgehead atoms. The molecule has 1 heterocycles. The lowest BCUT2D eigenvalue weighted by Gasteiger charge is -2.16. The first kappa shape index (κ1) is 19.8. The number of nitrogens with one attached hydrogen (secondary N) is 3. The third kappa shape index (κ3) is 5.53. The number of thiophene rings is 1. The van der Waals surface area contributed by atoms with Crippen molar-refractivity contribution in [3.63, 3.8) is 0 Å². The number of aryl methyl sites for hydroxylation is 1. The van der Waals surface area contributed by atoms with E-state index in [4.69, 9.17) is 0 Å². The zero-order chi connectivity index (χ0) is 19.9. The molecule has 1 aromatic heterocycles. The molecule has 1 aromatic carbocycles. The molecule has 0 saturated carbocycles. The number of carbonyl (C=O) groups is 3. The first-order valence-electron chi connectivity index (χ1n) is 9.23. The number of rotatable bonds is 5. The summed E-state index contributed by atoms with van der Waals surface area (Å²) in [5.41, 5.74) is 6.86. The Morgan fingerprint density at radius 2 is 1.96 bits per heavy atom. The fourth-order valence-corrected chi connectivity index (χ4v) is 4.12. The highest BCUT2D eigenvalue weighted by Gasteiger charge is 2.20. The van der Waals surface area contributed by atoms with Crippen LogP contribution in [0.4, 0.5) is 0 Å². The highest BCUT2D eigenvalue weighted by molar-refractivity contribution is 7.14. The summed E-state index contributed by atoms with van der Waals surface area (Å²) in [4.78, 5) is 37.7. The van der Waals surface area contributed by atoms with Gasteiger partial charge in [-0.15, -0.1) is 11.3 Å². The molecule has 0 fully saturated rings. The van der Waals surface area contributed by atoms with Crippen molar-refractivity contribution in [2.24, 2.45) is 5.92 Å². The first-order valence-corrected chi connectivity index (χ1v) is 10.0. The SMILES string of the molecule is C[C@@H]1CCc2sc(C(=O)NNC(=O)CNC(=O)/C=C/c3ccccc3)cc2C1. The number of amides is 3. The van der Waals surface area contributed by atoms with Crippen molar-refractivity contribution in [2.45, 2.75) is 26.2 Å². The zero-order valence-electron chi connectivity index (χ0n) is 15.7. The molecule has 3 amide bonds. The molecule has 0 radical (unpaired) electrons. The molecular weight excluding hydrogens is 374 g/mol. The van der Waals surface area contributed by atoms with E-state index in [1.807, 2.05) is 36.4 Å². The largest absolute Gasteiger partial charge is 0.343 e. The van der Waals surface area contributed by atoms with Crippen LogP contribution in [0.15, 0.2) is 42.5 Å². The van der Waals surface area contributed by atoms with Gasteiger partial charge < -0.3 is 5.32 Å². The second-order valence-corrected chi connectivity index (χ2v) is 8.01. The Kier molecular flexibility index (Phi) is 6.60. The summed E-state index contributed by atoms with van der Waals surface area (Å²) in [5, 5.41) is 2.47. The Balaban J connectivity index is 1.41. The van der Waals surface area contributed by atoms with Crippen LogP contribution in [0, 0.1) is 5.92 Å². The van der Waals surface area contributed by atoms with Crippen LogP contribution in [0.25, 0.3) is 6.08 Å². The maximum Gasteiger partial charge on any atom is 0.279 e. The number of hydrogen-bond acceptors (Lipinski definition) is 4. The summed E-state index contributed by atoms with van der Waals surface area (Å²) in [7, 11) is 0. The molecule has 3 rings (SSSR count). The van der Waals surface area contributed by atoms with Crippen molar-refractivity contribution in [3.05, 3.63) is 63.4 Å².